The molecule has 0 amide bonds. The maximum absolute atomic E-state index is 12.1. The van der Waals surface area contributed by atoms with Gasteiger partial charge in [0.15, 0.2) is 14.9 Å². The van der Waals surface area contributed by atoms with Crippen molar-refractivity contribution < 1.29 is 16.8 Å². The lowest BCUT2D eigenvalue weighted by Gasteiger charge is -2.12. The van der Waals surface area contributed by atoms with Crippen molar-refractivity contribution in [2.45, 2.75) is 23.1 Å². The monoisotopic (exact) mass is 320 g/mol. The number of hydrogen-bond acceptors (Lipinski definition) is 7. The fourth-order valence-electron chi connectivity index (χ4n) is 2.07. The van der Waals surface area contributed by atoms with Crippen LogP contribution in [-0.2, 0) is 19.9 Å². The van der Waals surface area contributed by atoms with Crippen LogP contribution in [0, 0.1) is 0 Å². The van der Waals surface area contributed by atoms with Crippen molar-refractivity contribution in [1.82, 2.24) is 9.71 Å². The number of hydrogen-bond donors (Lipinski definition) is 3. The Balaban J connectivity index is 2.16. The quantitative estimate of drug-likeness (QED) is 0.479. The van der Waals surface area contributed by atoms with Crippen LogP contribution < -0.4 is 16.0 Å². The molecule has 4 N–H and O–H groups in total. The Morgan fingerprint density at radius 2 is 2.20 bits per heavy atom. The highest BCUT2D eigenvalue weighted by atomic mass is 32.2. The Bertz CT molecular complexity index is 687. The van der Waals surface area contributed by atoms with Crippen molar-refractivity contribution in [3.05, 3.63) is 18.3 Å². The Hall–Kier alpha value is -1.23. The van der Waals surface area contributed by atoms with Crippen LogP contribution in [0.15, 0.2) is 23.4 Å². The molecule has 1 aromatic heterocycles. The third-order valence-electron chi connectivity index (χ3n) is 3.15. The summed E-state index contributed by atoms with van der Waals surface area (Å²) in [6, 6.07) is 3.00. The molecule has 1 saturated heterocycles. The zero-order valence-electron chi connectivity index (χ0n) is 10.6. The molecular formula is C10H16N4O4S2. The van der Waals surface area contributed by atoms with Crippen LogP contribution in [0.4, 0.5) is 5.69 Å². The second-order valence-corrected chi connectivity index (χ2v) is 8.57. The maximum Gasteiger partial charge on any atom is 0.260 e. The summed E-state index contributed by atoms with van der Waals surface area (Å²) in [5, 5.41) is -0.923. The van der Waals surface area contributed by atoms with Crippen molar-refractivity contribution in [3.8, 4) is 0 Å². The van der Waals surface area contributed by atoms with Crippen LogP contribution in [0.5, 0.6) is 0 Å². The fraction of sp³-hybridized carbons (Fsp3) is 0.500. The Morgan fingerprint density at radius 1 is 1.45 bits per heavy atom. The number of anilines is 1. The van der Waals surface area contributed by atoms with Gasteiger partial charge in [0, 0.05) is 12.7 Å². The number of pyridine rings is 1. The molecule has 1 fully saturated rings. The molecule has 0 spiro atoms. The second-order valence-electron chi connectivity index (χ2n) is 4.48. The second kappa shape index (κ2) is 5.64. The lowest BCUT2D eigenvalue weighted by atomic mass is 10.2. The normalized spacial score (nSPS) is 21.8. The van der Waals surface area contributed by atoms with Crippen LogP contribution in [0.1, 0.15) is 12.8 Å². The SMILES string of the molecule is NNc1cccnc1S(=O)(=O)NCC1CCCS1(=O)=O. The van der Waals surface area contributed by atoms with Crippen molar-refractivity contribution in [1.29, 1.82) is 0 Å². The van der Waals surface area contributed by atoms with E-state index in [0.717, 1.165) is 0 Å². The molecule has 1 aliphatic heterocycles. The highest BCUT2D eigenvalue weighted by Crippen LogP contribution is 2.21. The maximum atomic E-state index is 12.1. The molecule has 0 aromatic carbocycles. The lowest BCUT2D eigenvalue weighted by molar-refractivity contribution is 0.568. The molecule has 1 aromatic rings. The molecule has 0 aliphatic carbocycles. The largest absolute Gasteiger partial charge is 0.321 e. The molecule has 20 heavy (non-hydrogen) atoms. The van der Waals surface area contributed by atoms with Gasteiger partial charge in [0.05, 0.1) is 16.7 Å². The summed E-state index contributed by atoms with van der Waals surface area (Å²) in [6.45, 7) is -0.148. The van der Waals surface area contributed by atoms with E-state index in [-0.39, 0.29) is 23.0 Å². The summed E-state index contributed by atoms with van der Waals surface area (Å²) in [5.41, 5.74) is 2.39. The summed E-state index contributed by atoms with van der Waals surface area (Å²) >= 11 is 0. The molecule has 1 unspecified atom stereocenters. The third-order valence-corrected chi connectivity index (χ3v) is 6.80. The number of rotatable bonds is 5. The standard InChI is InChI=1S/C10H16N4O4S2/c11-14-9-4-1-5-12-10(9)20(17,18)13-7-8-3-2-6-19(8,15)16/h1,4-5,8,13-14H,2-3,6-7,11H2. The minimum absolute atomic E-state index is 0.110. The molecule has 2 heterocycles. The van der Waals surface area contributed by atoms with E-state index in [9.17, 15) is 16.8 Å². The number of aromatic nitrogens is 1. The van der Waals surface area contributed by atoms with Crippen LogP contribution in [0.2, 0.25) is 0 Å². The van der Waals surface area contributed by atoms with E-state index in [4.69, 9.17) is 5.84 Å². The predicted octanol–water partition coefficient (Wildman–Crippen LogP) is -0.777. The number of nitrogens with two attached hydrogens (primary N) is 1. The number of hydrazine groups is 1. The number of sulfone groups is 1. The molecule has 112 valence electrons. The van der Waals surface area contributed by atoms with E-state index in [1.165, 1.54) is 18.3 Å². The summed E-state index contributed by atoms with van der Waals surface area (Å²) in [4.78, 5) is 3.76. The molecule has 1 atom stereocenters. The van der Waals surface area contributed by atoms with E-state index >= 15 is 0 Å². The van der Waals surface area contributed by atoms with Crippen molar-refractivity contribution in [2.75, 3.05) is 17.7 Å². The van der Waals surface area contributed by atoms with Gasteiger partial charge < -0.3 is 5.43 Å². The van der Waals surface area contributed by atoms with Crippen molar-refractivity contribution >= 4 is 25.5 Å². The zero-order valence-corrected chi connectivity index (χ0v) is 12.2. The van der Waals surface area contributed by atoms with Crippen LogP contribution >= 0.6 is 0 Å². The van der Waals surface area contributed by atoms with Gasteiger partial charge in [-0.05, 0) is 25.0 Å². The number of nitrogens with zero attached hydrogens (tertiary/aromatic N) is 1. The Labute approximate surface area is 117 Å². The van der Waals surface area contributed by atoms with Crippen LogP contribution in [0.3, 0.4) is 0 Å². The van der Waals surface area contributed by atoms with Crippen molar-refractivity contribution in [2.24, 2.45) is 5.84 Å². The van der Waals surface area contributed by atoms with E-state index in [0.29, 0.717) is 12.8 Å². The van der Waals surface area contributed by atoms with E-state index in [1.54, 1.807) is 0 Å². The third kappa shape index (κ3) is 3.08. The van der Waals surface area contributed by atoms with Crippen LogP contribution in [0.25, 0.3) is 0 Å². The first-order valence-corrected chi connectivity index (χ1v) is 9.19. The topological polar surface area (TPSA) is 131 Å². The minimum atomic E-state index is -3.91. The average molecular weight is 320 g/mol. The number of nitrogen functional groups attached to an aromatic ring is 1. The van der Waals surface area contributed by atoms with E-state index < -0.39 is 25.1 Å². The van der Waals surface area contributed by atoms with Crippen molar-refractivity contribution in [3.63, 3.8) is 0 Å². The Kier molecular flexibility index (Phi) is 4.28. The highest BCUT2D eigenvalue weighted by molar-refractivity contribution is 7.92. The number of sulfonamides is 1. The molecule has 8 nitrogen and oxygen atoms in total. The van der Waals surface area contributed by atoms with Crippen LogP contribution in [-0.4, -0.2) is 39.4 Å². The molecule has 0 radical (unpaired) electrons. The first kappa shape index (κ1) is 15.2. The van der Waals surface area contributed by atoms with Gasteiger partial charge in [-0.1, -0.05) is 0 Å². The molecular weight excluding hydrogens is 304 g/mol. The zero-order chi connectivity index (χ0) is 14.8. The van der Waals surface area contributed by atoms with E-state index in [1.807, 2.05) is 0 Å². The summed E-state index contributed by atoms with van der Waals surface area (Å²) in [7, 11) is -7.10. The summed E-state index contributed by atoms with van der Waals surface area (Å²) in [6.07, 6.45) is 2.35. The first-order chi connectivity index (χ1) is 9.37. The molecule has 0 saturated carbocycles. The first-order valence-electron chi connectivity index (χ1n) is 6.00. The highest BCUT2D eigenvalue weighted by Gasteiger charge is 2.32. The smallest absolute Gasteiger partial charge is 0.260 e. The van der Waals surface area contributed by atoms with E-state index in [2.05, 4.69) is 15.1 Å². The number of nitrogens with one attached hydrogen (secondary N) is 2. The van der Waals surface area contributed by atoms with Gasteiger partial charge in [-0.2, -0.15) is 0 Å². The van der Waals surface area contributed by atoms with Gasteiger partial charge in [0.2, 0.25) is 0 Å². The van der Waals surface area contributed by atoms with Gasteiger partial charge in [-0.3, -0.25) is 5.84 Å². The van der Waals surface area contributed by atoms with Gasteiger partial charge in [-0.15, -0.1) is 0 Å². The van der Waals surface area contributed by atoms with Gasteiger partial charge in [0.25, 0.3) is 10.0 Å². The van der Waals surface area contributed by atoms with Gasteiger partial charge >= 0.3 is 0 Å². The molecule has 10 heteroatoms. The average Bonchev–Trinajstić information content (AvgIpc) is 2.75. The lowest BCUT2D eigenvalue weighted by Crippen LogP contribution is -2.35. The Morgan fingerprint density at radius 3 is 2.80 bits per heavy atom. The predicted molar refractivity (Wildman–Crippen MR) is 74.0 cm³/mol. The fourth-order valence-corrected chi connectivity index (χ4v) is 5.12. The summed E-state index contributed by atoms with van der Waals surface area (Å²) in [5.74, 6) is 5.34. The molecule has 0 bridgehead atoms. The molecule has 1 aliphatic rings. The van der Waals surface area contributed by atoms with Gasteiger partial charge in [0.1, 0.15) is 0 Å². The van der Waals surface area contributed by atoms with Gasteiger partial charge in [-0.25, -0.2) is 26.5 Å². The summed E-state index contributed by atoms with van der Waals surface area (Å²) < 4.78 is 49.8. The molecule has 2 rings (SSSR count). The minimum Gasteiger partial charge on any atom is -0.321 e.